The predicted molar refractivity (Wildman–Crippen MR) is 117 cm³/mol. The standard InChI is InChI=1S/C22H25N7O/c1-13-7-17(27-9-14(2)23-15(3)10-27)12-28-21(30)8-19(25-22(13)28)18-5-6-20-24-16(4)11-29(20)26-18/h5-8,11-12,14-15,23H,9-10H2,1-4H3. The Labute approximate surface area is 174 Å². The Hall–Kier alpha value is -3.26. The Bertz CT molecular complexity index is 1310. The maximum absolute atomic E-state index is 13.0. The predicted octanol–water partition coefficient (Wildman–Crippen LogP) is 2.21. The van der Waals surface area contributed by atoms with Crippen LogP contribution in [0.3, 0.4) is 0 Å². The lowest BCUT2D eigenvalue weighted by Gasteiger charge is -2.37. The minimum atomic E-state index is -0.111. The van der Waals surface area contributed by atoms with Crippen molar-refractivity contribution in [3.05, 3.63) is 58.3 Å². The van der Waals surface area contributed by atoms with Crippen LogP contribution in [0.15, 0.2) is 41.5 Å². The SMILES string of the molecule is Cc1cn2nc(-c3cc(=O)n4cc(N5CC(C)NC(C)C5)cc(C)c4n3)ccc2n1. The van der Waals surface area contributed by atoms with Crippen molar-refractivity contribution in [3.63, 3.8) is 0 Å². The molecule has 0 aromatic carbocycles. The molecule has 0 spiro atoms. The minimum Gasteiger partial charge on any atom is -0.367 e. The first kappa shape index (κ1) is 18.7. The molecule has 5 heterocycles. The third kappa shape index (κ3) is 3.23. The molecule has 4 aromatic rings. The molecule has 0 aliphatic carbocycles. The molecule has 5 rings (SSSR count). The van der Waals surface area contributed by atoms with Crippen molar-refractivity contribution in [1.29, 1.82) is 0 Å². The van der Waals surface area contributed by atoms with Crippen LogP contribution in [0.1, 0.15) is 25.1 Å². The number of pyridine rings is 1. The summed E-state index contributed by atoms with van der Waals surface area (Å²) in [4.78, 5) is 24.5. The number of piperazine rings is 1. The van der Waals surface area contributed by atoms with Crippen LogP contribution >= 0.6 is 0 Å². The van der Waals surface area contributed by atoms with E-state index >= 15 is 0 Å². The van der Waals surface area contributed by atoms with E-state index in [1.807, 2.05) is 38.4 Å². The molecule has 8 nitrogen and oxygen atoms in total. The number of rotatable bonds is 2. The van der Waals surface area contributed by atoms with Crippen LogP contribution in [-0.2, 0) is 0 Å². The van der Waals surface area contributed by atoms with Gasteiger partial charge in [-0.1, -0.05) is 0 Å². The third-order valence-corrected chi connectivity index (χ3v) is 5.56. The van der Waals surface area contributed by atoms with Gasteiger partial charge >= 0.3 is 0 Å². The van der Waals surface area contributed by atoms with Crippen LogP contribution < -0.4 is 15.8 Å². The first-order chi connectivity index (χ1) is 14.4. The number of nitrogens with one attached hydrogen (secondary N) is 1. The molecule has 0 radical (unpaired) electrons. The van der Waals surface area contributed by atoms with Gasteiger partial charge in [-0.05, 0) is 51.5 Å². The molecule has 154 valence electrons. The zero-order valence-corrected chi connectivity index (χ0v) is 17.6. The van der Waals surface area contributed by atoms with Crippen LogP contribution in [0.4, 0.5) is 5.69 Å². The largest absolute Gasteiger partial charge is 0.367 e. The normalized spacial score (nSPS) is 19.7. The second-order valence-electron chi connectivity index (χ2n) is 8.33. The first-order valence-electron chi connectivity index (χ1n) is 10.3. The fourth-order valence-corrected chi connectivity index (χ4v) is 4.33. The highest BCUT2D eigenvalue weighted by atomic mass is 16.1. The van der Waals surface area contributed by atoms with Crippen LogP contribution in [0.25, 0.3) is 22.7 Å². The van der Waals surface area contributed by atoms with Crippen molar-refractivity contribution in [1.82, 2.24) is 29.3 Å². The highest BCUT2D eigenvalue weighted by Crippen LogP contribution is 2.22. The smallest absolute Gasteiger partial charge is 0.258 e. The van der Waals surface area contributed by atoms with Crippen molar-refractivity contribution >= 4 is 17.0 Å². The molecule has 0 saturated carbocycles. The topological polar surface area (TPSA) is 79.8 Å². The zero-order chi connectivity index (χ0) is 21.0. The molecule has 1 fully saturated rings. The van der Waals surface area contributed by atoms with Gasteiger partial charge in [0, 0.05) is 37.4 Å². The first-order valence-corrected chi connectivity index (χ1v) is 10.3. The fraction of sp³-hybridized carbons (Fsp3) is 0.364. The van der Waals surface area contributed by atoms with E-state index in [-0.39, 0.29) is 5.56 Å². The van der Waals surface area contributed by atoms with Crippen molar-refractivity contribution < 1.29 is 0 Å². The monoisotopic (exact) mass is 403 g/mol. The Morgan fingerprint density at radius 2 is 1.77 bits per heavy atom. The van der Waals surface area contributed by atoms with Crippen LogP contribution in [0.5, 0.6) is 0 Å². The van der Waals surface area contributed by atoms with Gasteiger partial charge < -0.3 is 10.2 Å². The lowest BCUT2D eigenvalue weighted by molar-refractivity contribution is 0.406. The summed E-state index contributed by atoms with van der Waals surface area (Å²) in [5.74, 6) is 0. The van der Waals surface area contributed by atoms with Gasteiger partial charge in [-0.3, -0.25) is 9.20 Å². The van der Waals surface area contributed by atoms with Crippen molar-refractivity contribution in [3.8, 4) is 11.4 Å². The highest BCUT2D eigenvalue weighted by Gasteiger charge is 2.22. The van der Waals surface area contributed by atoms with Gasteiger partial charge in [0.15, 0.2) is 5.65 Å². The van der Waals surface area contributed by atoms with E-state index in [2.05, 4.69) is 40.2 Å². The molecule has 4 aromatic heterocycles. The van der Waals surface area contributed by atoms with E-state index in [9.17, 15) is 4.79 Å². The Morgan fingerprint density at radius 3 is 2.53 bits per heavy atom. The van der Waals surface area contributed by atoms with Crippen molar-refractivity contribution in [2.45, 2.75) is 39.8 Å². The van der Waals surface area contributed by atoms with E-state index in [0.717, 1.165) is 35.7 Å². The number of fused-ring (bicyclic) bond motifs is 2. The average Bonchev–Trinajstić information content (AvgIpc) is 3.06. The Morgan fingerprint density at radius 1 is 1.00 bits per heavy atom. The molecule has 1 saturated heterocycles. The number of hydrogen-bond donors (Lipinski definition) is 1. The molecular formula is C22H25N7O. The molecule has 1 aliphatic rings. The fourth-order valence-electron chi connectivity index (χ4n) is 4.33. The summed E-state index contributed by atoms with van der Waals surface area (Å²) in [6.45, 7) is 10.1. The molecule has 30 heavy (non-hydrogen) atoms. The van der Waals surface area contributed by atoms with Crippen LogP contribution in [0.2, 0.25) is 0 Å². The molecule has 1 aliphatic heterocycles. The highest BCUT2D eigenvalue weighted by molar-refractivity contribution is 5.63. The Kier molecular flexibility index (Phi) is 4.32. The summed E-state index contributed by atoms with van der Waals surface area (Å²) >= 11 is 0. The quantitative estimate of drug-likeness (QED) is 0.553. The second-order valence-corrected chi connectivity index (χ2v) is 8.33. The lowest BCUT2D eigenvalue weighted by atomic mass is 10.1. The van der Waals surface area contributed by atoms with Gasteiger partial charge in [-0.15, -0.1) is 0 Å². The average molecular weight is 403 g/mol. The van der Waals surface area contributed by atoms with E-state index in [1.54, 1.807) is 15.0 Å². The van der Waals surface area contributed by atoms with Crippen molar-refractivity contribution in [2.75, 3.05) is 18.0 Å². The summed E-state index contributed by atoms with van der Waals surface area (Å²) in [6.07, 6.45) is 3.77. The maximum Gasteiger partial charge on any atom is 0.258 e. The summed E-state index contributed by atoms with van der Waals surface area (Å²) in [6, 6.07) is 8.21. The number of aryl methyl sites for hydroxylation is 2. The number of nitrogens with zero attached hydrogens (tertiary/aromatic N) is 6. The van der Waals surface area contributed by atoms with E-state index in [4.69, 9.17) is 4.98 Å². The number of hydrogen-bond acceptors (Lipinski definition) is 6. The van der Waals surface area contributed by atoms with E-state index in [0.29, 0.717) is 29.1 Å². The summed E-state index contributed by atoms with van der Waals surface area (Å²) in [7, 11) is 0. The van der Waals surface area contributed by atoms with Crippen LogP contribution in [-0.4, -0.2) is 49.2 Å². The van der Waals surface area contributed by atoms with E-state index < -0.39 is 0 Å². The molecule has 2 atom stereocenters. The molecular weight excluding hydrogens is 378 g/mol. The van der Waals surface area contributed by atoms with Gasteiger partial charge in [-0.2, -0.15) is 5.10 Å². The molecule has 8 heteroatoms. The van der Waals surface area contributed by atoms with Gasteiger partial charge in [0.2, 0.25) is 0 Å². The molecule has 1 N–H and O–H groups in total. The minimum absolute atomic E-state index is 0.111. The van der Waals surface area contributed by atoms with Crippen molar-refractivity contribution in [2.24, 2.45) is 0 Å². The third-order valence-electron chi connectivity index (χ3n) is 5.56. The number of anilines is 1. The van der Waals surface area contributed by atoms with Gasteiger partial charge in [0.1, 0.15) is 11.3 Å². The van der Waals surface area contributed by atoms with E-state index in [1.165, 1.54) is 0 Å². The maximum atomic E-state index is 13.0. The summed E-state index contributed by atoms with van der Waals surface area (Å²) in [5, 5.41) is 8.13. The number of aromatic nitrogens is 5. The molecule has 0 amide bonds. The lowest BCUT2D eigenvalue weighted by Crippen LogP contribution is -2.54. The van der Waals surface area contributed by atoms with Gasteiger partial charge in [-0.25, -0.2) is 14.5 Å². The zero-order valence-electron chi connectivity index (χ0n) is 17.6. The number of imidazole rings is 1. The summed E-state index contributed by atoms with van der Waals surface area (Å²) in [5.41, 5.74) is 5.43. The molecule has 0 bridgehead atoms. The van der Waals surface area contributed by atoms with Crippen LogP contribution in [0, 0.1) is 13.8 Å². The second kappa shape index (κ2) is 6.91. The van der Waals surface area contributed by atoms with Gasteiger partial charge in [0.05, 0.1) is 23.3 Å². The summed E-state index contributed by atoms with van der Waals surface area (Å²) < 4.78 is 3.36. The van der Waals surface area contributed by atoms with Gasteiger partial charge in [0.25, 0.3) is 5.56 Å². The molecule has 2 unspecified atom stereocenters. The Balaban J connectivity index is 1.60.